The van der Waals surface area contributed by atoms with Crippen LogP contribution in [0.3, 0.4) is 0 Å². The molecule has 0 aromatic heterocycles. The van der Waals surface area contributed by atoms with Crippen molar-refractivity contribution in [2.75, 3.05) is 13.2 Å². The van der Waals surface area contributed by atoms with E-state index < -0.39 is 36.9 Å². The molecular weight excluding hydrogens is 276 g/mol. The molecule has 0 aliphatic heterocycles. The second-order valence-electron chi connectivity index (χ2n) is 3.13. The van der Waals surface area contributed by atoms with Crippen LogP contribution in [0.1, 0.15) is 13.8 Å². The molecule has 3 N–H and O–H groups in total. The second kappa shape index (κ2) is 13.5. The summed E-state index contributed by atoms with van der Waals surface area (Å²) in [5.74, 6) is -2.77. The smallest absolute Gasteiger partial charge is 0.547 e. The summed E-state index contributed by atoms with van der Waals surface area (Å²) in [6.07, 6.45) is -3.43. The minimum atomic E-state index is -1.44. The summed E-state index contributed by atoms with van der Waals surface area (Å²) in [5, 5.41) is 44.3. The van der Waals surface area contributed by atoms with Gasteiger partial charge in [-0.15, -0.1) is 0 Å². The van der Waals surface area contributed by atoms with Crippen molar-refractivity contribution in [3.8, 4) is 0 Å². The summed E-state index contributed by atoms with van der Waals surface area (Å²) in [7, 11) is 0. The Balaban J connectivity index is -0.000000277. The van der Waals surface area contributed by atoms with Crippen LogP contribution in [-0.2, 0) is 14.3 Å². The number of aliphatic hydroxyl groups excluding tert-OH is 3. The Morgan fingerprint density at radius 3 is 1.78 bits per heavy atom. The zero-order valence-corrected chi connectivity index (χ0v) is 12.4. The zero-order chi connectivity index (χ0) is 14.0. The van der Waals surface area contributed by atoms with Gasteiger partial charge in [0.15, 0.2) is 0 Å². The van der Waals surface area contributed by atoms with E-state index in [1.807, 2.05) is 0 Å². The molecule has 3 atom stereocenters. The number of aliphatic hydroxyl groups is 3. The van der Waals surface area contributed by atoms with Gasteiger partial charge in [0, 0.05) is 0 Å². The number of ether oxygens (including phenoxy) is 1. The van der Waals surface area contributed by atoms with E-state index >= 15 is 0 Å². The van der Waals surface area contributed by atoms with Crippen molar-refractivity contribution < 1.29 is 39.9 Å². The second-order valence-corrected chi connectivity index (χ2v) is 3.13. The van der Waals surface area contributed by atoms with Crippen LogP contribution < -0.4 is 10.2 Å². The molecule has 0 radical (unpaired) electrons. The van der Waals surface area contributed by atoms with Crippen molar-refractivity contribution in [2.45, 2.75) is 32.2 Å². The summed E-state index contributed by atoms with van der Waals surface area (Å²) in [5.41, 5.74) is 0. The van der Waals surface area contributed by atoms with Crippen molar-refractivity contribution in [3.05, 3.63) is 0 Å². The van der Waals surface area contributed by atoms with Gasteiger partial charge in [0.25, 0.3) is 0 Å². The van der Waals surface area contributed by atoms with Crippen LogP contribution in [0.25, 0.3) is 0 Å². The monoisotopic (exact) mass is 292 g/mol. The molecule has 0 aromatic rings. The molecule has 18 heavy (non-hydrogen) atoms. The molecule has 0 aromatic carbocycles. The number of hydrogen-bond donors (Lipinski definition) is 3. The fourth-order valence-electron chi connectivity index (χ4n) is 0.376. The zero-order valence-electron chi connectivity index (χ0n) is 10.2. The van der Waals surface area contributed by atoms with E-state index in [2.05, 4.69) is 4.74 Å². The molecule has 0 aliphatic carbocycles. The Kier molecular flexibility index (Phi) is 17.3. The molecule has 0 amide bonds. The summed E-state index contributed by atoms with van der Waals surface area (Å²) < 4.78 is 4.58. The van der Waals surface area contributed by atoms with Gasteiger partial charge in [-0.3, -0.25) is 0 Å². The van der Waals surface area contributed by atoms with Gasteiger partial charge in [-0.1, -0.05) is 0 Å². The van der Waals surface area contributed by atoms with Gasteiger partial charge in [-0.25, -0.2) is 0 Å². The number of carboxylic acid groups (broad SMARTS) is 2. The molecule has 3 unspecified atom stereocenters. The van der Waals surface area contributed by atoms with Crippen LogP contribution >= 0.6 is 0 Å². The molecule has 0 aliphatic rings. The molecule has 0 spiro atoms. The third kappa shape index (κ3) is 16.0. The molecule has 102 valence electrons. The standard InChI is InChI=1S/C6H12O5.C3H6O3.Ca/c1-4(6(9)10)11-3-5(8)2-7;1-2(4)3(5)6;/h4-5,7-8H,2-3H2,1H3,(H,9,10);2,4H,1H3,(H,5,6);/q;;+2/p-2. The number of carboxylic acids is 2. The fraction of sp³-hybridized carbons (Fsp3) is 0.778. The number of aliphatic carboxylic acids is 2. The van der Waals surface area contributed by atoms with Crippen molar-refractivity contribution in [2.24, 2.45) is 0 Å². The molecule has 0 rings (SSSR count). The molecule has 0 saturated heterocycles. The van der Waals surface area contributed by atoms with E-state index in [1.54, 1.807) is 0 Å². The number of carbonyl (C=O) groups is 2. The van der Waals surface area contributed by atoms with Crippen molar-refractivity contribution in [1.82, 2.24) is 0 Å². The Labute approximate surface area is 134 Å². The van der Waals surface area contributed by atoms with Gasteiger partial charge in [0.1, 0.15) is 6.10 Å². The average Bonchev–Trinajstić information content (AvgIpc) is 2.25. The van der Waals surface area contributed by atoms with E-state index in [0.29, 0.717) is 0 Å². The van der Waals surface area contributed by atoms with E-state index in [9.17, 15) is 19.8 Å². The number of carbonyl (C=O) groups excluding carboxylic acids is 2. The Hall–Kier alpha value is 0.0397. The first-order chi connectivity index (χ1) is 7.72. The van der Waals surface area contributed by atoms with Gasteiger partial charge in [-0.2, -0.15) is 0 Å². The topological polar surface area (TPSA) is 150 Å². The van der Waals surface area contributed by atoms with Gasteiger partial charge in [0.05, 0.1) is 37.4 Å². The van der Waals surface area contributed by atoms with Gasteiger partial charge in [-0.05, 0) is 13.8 Å². The third-order valence-corrected chi connectivity index (χ3v) is 1.42. The Morgan fingerprint density at radius 2 is 1.56 bits per heavy atom. The van der Waals surface area contributed by atoms with Gasteiger partial charge in [0.2, 0.25) is 0 Å². The Bertz CT molecular complexity index is 233. The molecular formula is C9H16CaO8. The summed E-state index contributed by atoms with van der Waals surface area (Å²) >= 11 is 0. The van der Waals surface area contributed by atoms with Crippen LogP contribution in [0, 0.1) is 0 Å². The molecule has 0 bridgehead atoms. The normalized spacial score (nSPS) is 14.3. The van der Waals surface area contributed by atoms with Crippen LogP contribution in [0.15, 0.2) is 0 Å². The minimum absolute atomic E-state index is 0. The first-order valence-corrected chi connectivity index (χ1v) is 4.72. The van der Waals surface area contributed by atoms with Gasteiger partial charge < -0.3 is 39.9 Å². The molecule has 0 saturated carbocycles. The van der Waals surface area contributed by atoms with Crippen LogP contribution in [-0.4, -0.2) is 96.5 Å². The van der Waals surface area contributed by atoms with Crippen molar-refractivity contribution >= 4 is 49.7 Å². The van der Waals surface area contributed by atoms with Crippen LogP contribution in [0.2, 0.25) is 0 Å². The van der Waals surface area contributed by atoms with Crippen LogP contribution in [0.4, 0.5) is 0 Å². The molecule has 0 heterocycles. The van der Waals surface area contributed by atoms with E-state index in [0.717, 1.165) is 6.92 Å². The van der Waals surface area contributed by atoms with Crippen molar-refractivity contribution in [1.29, 1.82) is 0 Å². The van der Waals surface area contributed by atoms with Crippen LogP contribution in [0.5, 0.6) is 0 Å². The Morgan fingerprint density at radius 1 is 1.17 bits per heavy atom. The molecule has 0 fully saturated rings. The summed E-state index contributed by atoms with van der Waals surface area (Å²) in [4.78, 5) is 19.4. The fourth-order valence-corrected chi connectivity index (χ4v) is 0.376. The summed E-state index contributed by atoms with van der Waals surface area (Å²) in [6.45, 7) is 1.78. The van der Waals surface area contributed by atoms with Crippen molar-refractivity contribution in [3.63, 3.8) is 0 Å². The predicted molar refractivity (Wildman–Crippen MR) is 56.0 cm³/mol. The maximum atomic E-state index is 10.0. The largest absolute Gasteiger partial charge is 2.00 e. The number of rotatable bonds is 6. The maximum Gasteiger partial charge on any atom is 2.00 e. The first-order valence-electron chi connectivity index (χ1n) is 4.72. The molecule has 8 nitrogen and oxygen atoms in total. The maximum absolute atomic E-state index is 10.0. The van der Waals surface area contributed by atoms with E-state index in [-0.39, 0.29) is 44.3 Å². The quantitative estimate of drug-likeness (QED) is 0.413. The van der Waals surface area contributed by atoms with E-state index in [4.69, 9.17) is 15.3 Å². The molecule has 9 heteroatoms. The van der Waals surface area contributed by atoms with Gasteiger partial charge >= 0.3 is 37.7 Å². The number of hydrogen-bond acceptors (Lipinski definition) is 8. The summed E-state index contributed by atoms with van der Waals surface area (Å²) in [6, 6.07) is 0. The SMILES string of the molecule is CC(O)C(=O)[O-].CC(OCC(O)CO)C(=O)[O-].[Ca+2]. The average molecular weight is 292 g/mol. The minimum Gasteiger partial charge on any atom is -0.547 e. The van der Waals surface area contributed by atoms with E-state index in [1.165, 1.54) is 6.92 Å². The third-order valence-electron chi connectivity index (χ3n) is 1.42. The first kappa shape index (κ1) is 23.2. The predicted octanol–water partition coefficient (Wildman–Crippen LogP) is -4.77.